The molecule has 0 spiro atoms. The third kappa shape index (κ3) is 3.83. The number of ether oxygens (including phenoxy) is 2. The zero-order valence-corrected chi connectivity index (χ0v) is 15.9. The summed E-state index contributed by atoms with van der Waals surface area (Å²) in [7, 11) is 1.64. The van der Waals surface area contributed by atoms with Crippen LogP contribution in [0.2, 0.25) is 0 Å². The predicted octanol–water partition coefficient (Wildman–Crippen LogP) is 4.70. The average molecular weight is 356 g/mol. The molecule has 1 aromatic heterocycles. The van der Waals surface area contributed by atoms with Crippen LogP contribution in [-0.2, 0) is 9.53 Å². The summed E-state index contributed by atoms with van der Waals surface area (Å²) < 4.78 is 11.6. The van der Waals surface area contributed by atoms with Crippen LogP contribution in [0.1, 0.15) is 52.4 Å². The Labute approximate surface area is 155 Å². The van der Waals surface area contributed by atoms with E-state index in [4.69, 9.17) is 9.47 Å². The number of fused-ring (bicyclic) bond motifs is 1. The second kappa shape index (κ2) is 8.04. The molecule has 0 saturated heterocycles. The van der Waals surface area contributed by atoms with Gasteiger partial charge in [0, 0.05) is 18.7 Å². The van der Waals surface area contributed by atoms with Gasteiger partial charge >= 0.3 is 0 Å². The zero-order chi connectivity index (χ0) is 18.6. The number of anilines is 1. The number of pyridine rings is 1. The van der Waals surface area contributed by atoms with E-state index in [1.165, 1.54) is 0 Å². The molecule has 5 heteroatoms. The minimum atomic E-state index is -0.738. The van der Waals surface area contributed by atoms with Crippen LogP contribution in [0, 0.1) is 0 Å². The average Bonchev–Trinajstić information content (AvgIpc) is 2.90. The minimum Gasteiger partial charge on any atom is -0.489 e. The van der Waals surface area contributed by atoms with Crippen molar-refractivity contribution in [1.82, 2.24) is 4.98 Å². The molecule has 0 aliphatic heterocycles. The normalized spacial score (nSPS) is 17.1. The van der Waals surface area contributed by atoms with Gasteiger partial charge in [0.15, 0.2) is 0 Å². The van der Waals surface area contributed by atoms with Crippen LogP contribution in [-0.4, -0.2) is 29.7 Å². The summed E-state index contributed by atoms with van der Waals surface area (Å²) in [6.07, 6.45) is 7.68. The smallest absolute Gasteiger partial charge is 0.256 e. The summed E-state index contributed by atoms with van der Waals surface area (Å²) in [5.74, 6) is 0.661. The van der Waals surface area contributed by atoms with Gasteiger partial charge < -0.3 is 14.8 Å². The Morgan fingerprint density at radius 1 is 1.15 bits per heavy atom. The number of rotatable bonds is 5. The summed E-state index contributed by atoms with van der Waals surface area (Å²) in [6.45, 7) is 3.97. The molecule has 1 aliphatic carbocycles. The molecule has 2 aromatic rings. The lowest BCUT2D eigenvalue weighted by Crippen LogP contribution is -2.44. The van der Waals surface area contributed by atoms with Crippen molar-refractivity contribution in [1.29, 1.82) is 0 Å². The first-order valence-corrected chi connectivity index (χ1v) is 9.47. The van der Waals surface area contributed by atoms with E-state index in [1.54, 1.807) is 13.3 Å². The molecule has 0 bridgehead atoms. The van der Waals surface area contributed by atoms with Crippen molar-refractivity contribution in [2.75, 3.05) is 12.4 Å². The van der Waals surface area contributed by atoms with Gasteiger partial charge in [0.25, 0.3) is 5.91 Å². The molecule has 1 heterocycles. The van der Waals surface area contributed by atoms with Gasteiger partial charge in [0.2, 0.25) is 0 Å². The molecular formula is C21H28N2O3. The summed E-state index contributed by atoms with van der Waals surface area (Å²) >= 11 is 0. The Morgan fingerprint density at radius 2 is 1.88 bits per heavy atom. The first-order chi connectivity index (χ1) is 12.6. The van der Waals surface area contributed by atoms with Crippen molar-refractivity contribution in [3.8, 4) is 5.75 Å². The van der Waals surface area contributed by atoms with E-state index >= 15 is 0 Å². The third-order valence-corrected chi connectivity index (χ3v) is 5.06. The fourth-order valence-corrected chi connectivity index (χ4v) is 3.66. The topological polar surface area (TPSA) is 60.5 Å². The van der Waals surface area contributed by atoms with Crippen molar-refractivity contribution >= 4 is 22.5 Å². The maximum absolute atomic E-state index is 13.1. The van der Waals surface area contributed by atoms with E-state index in [9.17, 15) is 4.79 Å². The molecule has 1 N–H and O–H groups in total. The fraction of sp³-hybridized carbons (Fsp3) is 0.524. The van der Waals surface area contributed by atoms with Gasteiger partial charge in [-0.2, -0.15) is 0 Å². The number of nitrogens with one attached hydrogen (secondary N) is 1. The molecule has 1 aliphatic rings. The highest BCUT2D eigenvalue weighted by Crippen LogP contribution is 2.34. The lowest BCUT2D eigenvalue weighted by Gasteiger charge is -2.30. The number of benzene rings is 1. The number of methoxy groups -OCH3 is 1. The Morgan fingerprint density at radius 3 is 2.54 bits per heavy atom. The van der Waals surface area contributed by atoms with E-state index in [0.29, 0.717) is 0 Å². The van der Waals surface area contributed by atoms with E-state index in [0.717, 1.165) is 60.9 Å². The fourth-order valence-electron chi connectivity index (χ4n) is 3.66. The van der Waals surface area contributed by atoms with Gasteiger partial charge in [-0.05, 0) is 51.0 Å². The second-order valence-corrected chi connectivity index (χ2v) is 7.24. The molecule has 0 atom stereocenters. The number of hydrogen-bond donors (Lipinski definition) is 1. The van der Waals surface area contributed by atoms with Gasteiger partial charge in [0.1, 0.15) is 16.9 Å². The highest BCUT2D eigenvalue weighted by Gasteiger charge is 2.38. The van der Waals surface area contributed by atoms with Crippen molar-refractivity contribution in [2.24, 2.45) is 0 Å². The largest absolute Gasteiger partial charge is 0.489 e. The van der Waals surface area contributed by atoms with Crippen LogP contribution in [0.5, 0.6) is 5.75 Å². The first-order valence-electron chi connectivity index (χ1n) is 9.47. The minimum absolute atomic E-state index is 0.0587. The van der Waals surface area contributed by atoms with Gasteiger partial charge in [-0.1, -0.05) is 25.7 Å². The van der Waals surface area contributed by atoms with Gasteiger partial charge in [0.05, 0.1) is 11.8 Å². The first kappa shape index (κ1) is 18.6. The van der Waals surface area contributed by atoms with Crippen LogP contribution >= 0.6 is 0 Å². The monoisotopic (exact) mass is 356 g/mol. The molecule has 1 saturated carbocycles. The lowest BCUT2D eigenvalue weighted by molar-refractivity contribution is -0.139. The van der Waals surface area contributed by atoms with Crippen LogP contribution in [0.15, 0.2) is 30.5 Å². The molecule has 3 rings (SSSR count). The molecule has 1 aromatic carbocycles. The molecular weight excluding hydrogens is 328 g/mol. The summed E-state index contributed by atoms with van der Waals surface area (Å²) in [5, 5.41) is 3.97. The summed E-state index contributed by atoms with van der Waals surface area (Å²) in [6, 6.07) is 7.59. The van der Waals surface area contributed by atoms with E-state index in [-0.39, 0.29) is 12.0 Å². The highest BCUT2D eigenvalue weighted by atomic mass is 16.5. The van der Waals surface area contributed by atoms with Crippen molar-refractivity contribution in [2.45, 2.75) is 64.1 Å². The summed E-state index contributed by atoms with van der Waals surface area (Å²) in [5.41, 5.74) is 0.763. The van der Waals surface area contributed by atoms with Gasteiger partial charge in [-0.25, -0.2) is 0 Å². The molecule has 26 heavy (non-hydrogen) atoms. The number of carbonyl (C=O) groups excluding carboxylic acids is 1. The Bertz CT molecular complexity index is 765. The maximum Gasteiger partial charge on any atom is 0.256 e. The SMILES string of the molecule is COC1(C(=O)Nc2ccc(OC(C)C)c3ncccc23)CCCCCC1. The predicted molar refractivity (Wildman–Crippen MR) is 104 cm³/mol. The van der Waals surface area contributed by atoms with E-state index in [2.05, 4.69) is 10.3 Å². The van der Waals surface area contributed by atoms with Crippen LogP contribution in [0.4, 0.5) is 5.69 Å². The third-order valence-electron chi connectivity index (χ3n) is 5.06. The van der Waals surface area contributed by atoms with Gasteiger partial charge in [-0.15, -0.1) is 0 Å². The van der Waals surface area contributed by atoms with Crippen LogP contribution in [0.25, 0.3) is 10.9 Å². The van der Waals surface area contributed by atoms with Crippen molar-refractivity contribution < 1.29 is 14.3 Å². The Balaban J connectivity index is 1.92. The molecule has 1 fully saturated rings. The molecule has 0 unspecified atom stereocenters. The molecule has 0 radical (unpaired) electrons. The van der Waals surface area contributed by atoms with E-state index < -0.39 is 5.60 Å². The van der Waals surface area contributed by atoms with Crippen LogP contribution in [0.3, 0.4) is 0 Å². The number of amides is 1. The maximum atomic E-state index is 13.1. The summed E-state index contributed by atoms with van der Waals surface area (Å²) in [4.78, 5) is 17.6. The van der Waals surface area contributed by atoms with Gasteiger partial charge in [-0.3, -0.25) is 9.78 Å². The number of carbonyl (C=O) groups is 1. The molecule has 1 amide bonds. The quantitative estimate of drug-likeness (QED) is 0.789. The second-order valence-electron chi connectivity index (χ2n) is 7.24. The molecule has 140 valence electrons. The van der Waals surface area contributed by atoms with Crippen molar-refractivity contribution in [3.05, 3.63) is 30.5 Å². The Hall–Kier alpha value is -2.14. The number of hydrogen-bond acceptors (Lipinski definition) is 4. The number of nitrogens with zero attached hydrogens (tertiary/aromatic N) is 1. The molecule has 5 nitrogen and oxygen atoms in total. The van der Waals surface area contributed by atoms with Crippen molar-refractivity contribution in [3.63, 3.8) is 0 Å². The van der Waals surface area contributed by atoms with E-state index in [1.807, 2.05) is 38.1 Å². The van der Waals surface area contributed by atoms with Crippen LogP contribution < -0.4 is 10.1 Å². The Kier molecular flexibility index (Phi) is 5.77. The zero-order valence-electron chi connectivity index (χ0n) is 15.9. The standard InChI is InChI=1S/C21H28N2O3/c1-15(2)26-18-11-10-17(16-9-8-14-22-19(16)18)23-20(24)21(25-3)12-6-4-5-7-13-21/h8-11,14-15H,4-7,12-13H2,1-3H3,(H,23,24). The lowest BCUT2D eigenvalue weighted by atomic mass is 9.93. The number of aromatic nitrogens is 1. The highest BCUT2D eigenvalue weighted by molar-refractivity contribution is 6.05.